The molecule has 1 aliphatic rings. The first-order chi connectivity index (χ1) is 15.3. The largest absolute Gasteiger partial charge is 0.494 e. The molecule has 8 nitrogen and oxygen atoms in total. The van der Waals surface area contributed by atoms with E-state index >= 15 is 0 Å². The number of carbonyl (C=O) groups excluding carboxylic acids is 2. The van der Waals surface area contributed by atoms with Crippen molar-refractivity contribution >= 4 is 21.8 Å². The Bertz CT molecular complexity index is 1050. The molecule has 0 spiro atoms. The zero-order valence-electron chi connectivity index (χ0n) is 18.3. The van der Waals surface area contributed by atoms with Crippen LogP contribution in [0.5, 0.6) is 5.75 Å². The Labute approximate surface area is 189 Å². The molecule has 32 heavy (non-hydrogen) atoms. The zero-order chi connectivity index (χ0) is 23.1. The molecule has 0 aliphatic carbocycles. The summed E-state index contributed by atoms with van der Waals surface area (Å²) in [5.41, 5.74) is 5.17. The van der Waals surface area contributed by atoms with Crippen molar-refractivity contribution in [3.05, 3.63) is 59.7 Å². The van der Waals surface area contributed by atoms with Crippen LogP contribution in [0.4, 0.5) is 0 Å². The second-order valence-corrected chi connectivity index (χ2v) is 10.0. The summed E-state index contributed by atoms with van der Waals surface area (Å²) in [7, 11) is -3.63. The summed E-state index contributed by atoms with van der Waals surface area (Å²) in [4.78, 5) is 24.8. The standard InChI is InChI=1S/C23H29N3O5S/c1-17(2)12-15-31-20-10-8-18(9-11-20)22(27)24-25-23(28)19-6-5-7-21(16-19)32(29,30)26-13-3-4-14-26/h5-11,16-17H,3-4,12-15H2,1-2H3,(H,24,27)(H,25,28). The van der Waals surface area contributed by atoms with Gasteiger partial charge in [0.05, 0.1) is 11.5 Å². The van der Waals surface area contributed by atoms with Gasteiger partial charge in [0.2, 0.25) is 10.0 Å². The van der Waals surface area contributed by atoms with Crippen molar-refractivity contribution in [2.75, 3.05) is 19.7 Å². The molecule has 3 rings (SSSR count). The number of nitrogens with one attached hydrogen (secondary N) is 2. The van der Waals surface area contributed by atoms with Gasteiger partial charge in [-0.2, -0.15) is 4.31 Å². The van der Waals surface area contributed by atoms with Gasteiger partial charge in [-0.15, -0.1) is 0 Å². The van der Waals surface area contributed by atoms with Gasteiger partial charge in [-0.1, -0.05) is 19.9 Å². The van der Waals surface area contributed by atoms with Gasteiger partial charge in [-0.05, 0) is 67.6 Å². The Morgan fingerprint density at radius 3 is 2.22 bits per heavy atom. The van der Waals surface area contributed by atoms with Crippen molar-refractivity contribution in [1.29, 1.82) is 0 Å². The monoisotopic (exact) mass is 459 g/mol. The number of nitrogens with zero attached hydrogens (tertiary/aromatic N) is 1. The summed E-state index contributed by atoms with van der Waals surface area (Å²) in [5, 5.41) is 0. The van der Waals surface area contributed by atoms with Gasteiger partial charge < -0.3 is 4.74 Å². The second-order valence-electron chi connectivity index (χ2n) is 8.10. The Morgan fingerprint density at radius 2 is 1.59 bits per heavy atom. The molecule has 2 aromatic carbocycles. The maximum absolute atomic E-state index is 12.7. The lowest BCUT2D eigenvalue weighted by Crippen LogP contribution is -2.41. The first-order valence-electron chi connectivity index (χ1n) is 10.7. The van der Waals surface area contributed by atoms with Crippen LogP contribution in [0.1, 0.15) is 53.8 Å². The van der Waals surface area contributed by atoms with E-state index in [0.29, 0.717) is 36.9 Å². The van der Waals surface area contributed by atoms with E-state index < -0.39 is 21.8 Å². The second kappa shape index (κ2) is 10.6. The van der Waals surface area contributed by atoms with Crippen molar-refractivity contribution in [3.8, 4) is 5.75 Å². The maximum atomic E-state index is 12.7. The summed E-state index contributed by atoms with van der Waals surface area (Å²) in [6.07, 6.45) is 2.60. The molecule has 9 heteroatoms. The van der Waals surface area contributed by atoms with E-state index in [1.807, 2.05) is 0 Å². The fourth-order valence-electron chi connectivity index (χ4n) is 3.25. The Hall–Kier alpha value is -2.91. The summed E-state index contributed by atoms with van der Waals surface area (Å²) in [6, 6.07) is 12.4. The Morgan fingerprint density at radius 1 is 0.969 bits per heavy atom. The summed E-state index contributed by atoms with van der Waals surface area (Å²) in [5.74, 6) is 0.116. The van der Waals surface area contributed by atoms with Crippen LogP contribution in [0, 0.1) is 5.92 Å². The molecule has 2 amide bonds. The highest BCUT2D eigenvalue weighted by atomic mass is 32.2. The average molecular weight is 460 g/mol. The van der Waals surface area contributed by atoms with Gasteiger partial charge in [-0.3, -0.25) is 20.4 Å². The molecule has 2 N–H and O–H groups in total. The fraction of sp³-hybridized carbons (Fsp3) is 0.391. The lowest BCUT2D eigenvalue weighted by Gasteiger charge is -2.16. The number of benzene rings is 2. The van der Waals surface area contributed by atoms with Crippen LogP contribution in [0.2, 0.25) is 0 Å². The normalized spacial score (nSPS) is 14.3. The number of hydrogen-bond acceptors (Lipinski definition) is 5. The first-order valence-corrected chi connectivity index (χ1v) is 12.1. The Kier molecular flexibility index (Phi) is 7.87. The van der Waals surface area contributed by atoms with Crippen LogP contribution in [0.3, 0.4) is 0 Å². The molecule has 2 aromatic rings. The number of hydrazine groups is 1. The van der Waals surface area contributed by atoms with Gasteiger partial charge in [0.15, 0.2) is 0 Å². The van der Waals surface area contributed by atoms with E-state index in [1.165, 1.54) is 28.6 Å². The molecule has 1 heterocycles. The molecule has 1 fully saturated rings. The van der Waals surface area contributed by atoms with Crippen LogP contribution in [0.15, 0.2) is 53.4 Å². The number of carbonyl (C=O) groups is 2. The SMILES string of the molecule is CC(C)CCOc1ccc(C(=O)NNC(=O)c2cccc(S(=O)(=O)N3CCCC3)c2)cc1. The zero-order valence-corrected chi connectivity index (χ0v) is 19.2. The lowest BCUT2D eigenvalue weighted by atomic mass is 10.1. The van der Waals surface area contributed by atoms with Gasteiger partial charge >= 0.3 is 0 Å². The van der Waals surface area contributed by atoms with E-state index in [1.54, 1.807) is 24.3 Å². The minimum absolute atomic E-state index is 0.0615. The van der Waals surface area contributed by atoms with Crippen molar-refractivity contribution in [2.45, 2.75) is 38.0 Å². The lowest BCUT2D eigenvalue weighted by molar-refractivity contribution is 0.0846. The first kappa shape index (κ1) is 23.7. The third-order valence-corrected chi connectivity index (χ3v) is 7.06. The highest BCUT2D eigenvalue weighted by Gasteiger charge is 2.27. The summed E-state index contributed by atoms with van der Waals surface area (Å²) >= 11 is 0. The van der Waals surface area contributed by atoms with E-state index in [4.69, 9.17) is 4.74 Å². The molecule has 0 radical (unpaired) electrons. The summed E-state index contributed by atoms with van der Waals surface area (Å²) in [6.45, 7) is 5.81. The number of rotatable bonds is 8. The van der Waals surface area contributed by atoms with Crippen molar-refractivity contribution in [1.82, 2.24) is 15.2 Å². The van der Waals surface area contributed by atoms with Crippen molar-refractivity contribution in [3.63, 3.8) is 0 Å². The molecule has 0 aromatic heterocycles. The molecule has 0 saturated carbocycles. The molecular formula is C23H29N3O5S. The van der Waals surface area contributed by atoms with Crippen LogP contribution < -0.4 is 15.6 Å². The molecule has 172 valence electrons. The number of sulfonamides is 1. The predicted molar refractivity (Wildman–Crippen MR) is 121 cm³/mol. The topological polar surface area (TPSA) is 105 Å². The number of ether oxygens (including phenoxy) is 1. The van der Waals surface area contributed by atoms with E-state index in [2.05, 4.69) is 24.7 Å². The van der Waals surface area contributed by atoms with Gasteiger partial charge in [0, 0.05) is 24.2 Å². The van der Waals surface area contributed by atoms with Crippen LogP contribution in [-0.4, -0.2) is 44.2 Å². The number of amides is 2. The van der Waals surface area contributed by atoms with E-state index in [9.17, 15) is 18.0 Å². The number of hydrogen-bond donors (Lipinski definition) is 2. The molecule has 1 saturated heterocycles. The molecule has 1 aliphatic heterocycles. The van der Waals surface area contributed by atoms with E-state index in [-0.39, 0.29) is 10.5 Å². The molecule has 0 bridgehead atoms. The molecule has 0 atom stereocenters. The van der Waals surface area contributed by atoms with Crippen LogP contribution in [0.25, 0.3) is 0 Å². The molecule has 0 unspecified atom stereocenters. The fourth-order valence-corrected chi connectivity index (χ4v) is 4.81. The van der Waals surface area contributed by atoms with Gasteiger partial charge in [0.1, 0.15) is 5.75 Å². The smallest absolute Gasteiger partial charge is 0.269 e. The van der Waals surface area contributed by atoms with Crippen molar-refractivity contribution in [2.24, 2.45) is 5.92 Å². The predicted octanol–water partition coefficient (Wildman–Crippen LogP) is 2.97. The third kappa shape index (κ3) is 6.08. The quantitative estimate of drug-likeness (QED) is 0.591. The maximum Gasteiger partial charge on any atom is 0.269 e. The molecular weight excluding hydrogens is 430 g/mol. The van der Waals surface area contributed by atoms with Crippen molar-refractivity contribution < 1.29 is 22.7 Å². The van der Waals surface area contributed by atoms with Gasteiger partial charge in [0.25, 0.3) is 11.8 Å². The van der Waals surface area contributed by atoms with Gasteiger partial charge in [-0.25, -0.2) is 8.42 Å². The summed E-state index contributed by atoms with van der Waals surface area (Å²) < 4.78 is 32.4. The minimum atomic E-state index is -3.63. The minimum Gasteiger partial charge on any atom is -0.494 e. The third-order valence-electron chi connectivity index (χ3n) is 5.17. The highest BCUT2D eigenvalue weighted by molar-refractivity contribution is 7.89. The highest BCUT2D eigenvalue weighted by Crippen LogP contribution is 2.21. The van der Waals surface area contributed by atoms with Crippen LogP contribution >= 0.6 is 0 Å². The Balaban J connectivity index is 1.57. The van der Waals surface area contributed by atoms with Crippen LogP contribution in [-0.2, 0) is 10.0 Å². The average Bonchev–Trinajstić information content (AvgIpc) is 3.33. The van der Waals surface area contributed by atoms with E-state index in [0.717, 1.165) is 19.3 Å².